The molecule has 1 saturated heterocycles. The maximum Gasteiger partial charge on any atom is 0.264 e. The van der Waals surface area contributed by atoms with Crippen molar-refractivity contribution in [3.8, 4) is 0 Å². The van der Waals surface area contributed by atoms with Crippen LogP contribution in [0.5, 0.6) is 0 Å². The van der Waals surface area contributed by atoms with Crippen LogP contribution >= 0.6 is 11.3 Å². The van der Waals surface area contributed by atoms with E-state index in [9.17, 15) is 9.90 Å². The molecule has 8 heteroatoms. The number of carbonyl (C=O) groups excluding carboxylic acids is 1. The van der Waals surface area contributed by atoms with Crippen molar-refractivity contribution in [3.05, 3.63) is 16.8 Å². The van der Waals surface area contributed by atoms with Gasteiger partial charge >= 0.3 is 0 Å². The molecular formula is C19H29N5O2S. The number of piperidine rings is 1. The number of rotatable bonds is 8. The van der Waals surface area contributed by atoms with Gasteiger partial charge in [-0.15, -0.1) is 11.3 Å². The number of thiophene rings is 1. The number of anilines is 1. The third kappa shape index (κ3) is 4.56. The van der Waals surface area contributed by atoms with Gasteiger partial charge in [-0.25, -0.2) is 9.97 Å². The van der Waals surface area contributed by atoms with Crippen LogP contribution in [0.4, 0.5) is 5.82 Å². The molecule has 27 heavy (non-hydrogen) atoms. The zero-order chi connectivity index (χ0) is 19.2. The molecule has 3 rings (SSSR count). The lowest BCUT2D eigenvalue weighted by Gasteiger charge is -2.26. The molecule has 2 N–H and O–H groups in total. The molecule has 0 atom stereocenters. The summed E-state index contributed by atoms with van der Waals surface area (Å²) in [7, 11) is 0. The van der Waals surface area contributed by atoms with Crippen molar-refractivity contribution < 1.29 is 9.90 Å². The summed E-state index contributed by atoms with van der Waals surface area (Å²) < 4.78 is 0. The van der Waals surface area contributed by atoms with Gasteiger partial charge in [0, 0.05) is 26.2 Å². The summed E-state index contributed by atoms with van der Waals surface area (Å²) in [6.07, 6.45) is 5.47. The molecule has 0 spiro atoms. The van der Waals surface area contributed by atoms with Gasteiger partial charge in [0.25, 0.3) is 5.91 Å². The van der Waals surface area contributed by atoms with Gasteiger partial charge in [0.2, 0.25) is 0 Å². The number of amides is 1. The van der Waals surface area contributed by atoms with Crippen molar-refractivity contribution in [2.24, 2.45) is 0 Å². The van der Waals surface area contributed by atoms with E-state index in [1.165, 1.54) is 43.7 Å². The number of carbonyl (C=O) groups is 1. The molecule has 0 saturated carbocycles. The molecule has 148 valence electrons. The Morgan fingerprint density at radius 1 is 1.33 bits per heavy atom. The van der Waals surface area contributed by atoms with Crippen LogP contribution in [-0.4, -0.2) is 76.7 Å². The van der Waals surface area contributed by atoms with Gasteiger partial charge < -0.3 is 20.2 Å². The molecule has 0 aromatic carbocycles. The van der Waals surface area contributed by atoms with Crippen LogP contribution in [0.2, 0.25) is 0 Å². The fraction of sp³-hybridized carbons (Fsp3) is 0.632. The van der Waals surface area contributed by atoms with E-state index in [4.69, 9.17) is 0 Å². The van der Waals surface area contributed by atoms with Gasteiger partial charge in [0.15, 0.2) is 0 Å². The Balaban J connectivity index is 1.76. The van der Waals surface area contributed by atoms with E-state index in [0.29, 0.717) is 18.0 Å². The Kier molecular flexibility index (Phi) is 6.98. The van der Waals surface area contributed by atoms with Gasteiger partial charge in [0.05, 0.1) is 16.9 Å². The Labute approximate surface area is 164 Å². The molecule has 1 amide bonds. The number of fused-ring (bicyclic) bond motifs is 1. The topological polar surface area (TPSA) is 81.6 Å². The summed E-state index contributed by atoms with van der Waals surface area (Å²) in [4.78, 5) is 27.3. The molecule has 7 nitrogen and oxygen atoms in total. The first-order valence-corrected chi connectivity index (χ1v) is 10.6. The molecule has 0 unspecified atom stereocenters. The van der Waals surface area contributed by atoms with Gasteiger partial charge in [-0.05, 0) is 45.3 Å². The van der Waals surface area contributed by atoms with E-state index in [2.05, 4.69) is 20.2 Å². The first-order valence-electron chi connectivity index (χ1n) is 9.76. The van der Waals surface area contributed by atoms with Gasteiger partial charge in [-0.2, -0.15) is 0 Å². The van der Waals surface area contributed by atoms with Crippen molar-refractivity contribution >= 4 is 33.3 Å². The summed E-state index contributed by atoms with van der Waals surface area (Å²) >= 11 is 1.40. The van der Waals surface area contributed by atoms with E-state index in [1.807, 2.05) is 13.8 Å². The first-order chi connectivity index (χ1) is 13.2. The van der Waals surface area contributed by atoms with Crippen molar-refractivity contribution in [2.45, 2.75) is 33.1 Å². The molecule has 0 bridgehead atoms. The number of likely N-dealkylation sites (N-methyl/N-ethyl adjacent to an activating group) is 1. The summed E-state index contributed by atoms with van der Waals surface area (Å²) in [5.41, 5.74) is 0.914. The predicted molar refractivity (Wildman–Crippen MR) is 110 cm³/mol. The molecule has 1 aliphatic rings. The van der Waals surface area contributed by atoms with Crippen LogP contribution in [0.25, 0.3) is 10.2 Å². The van der Waals surface area contributed by atoms with E-state index in [-0.39, 0.29) is 12.5 Å². The third-order valence-corrected chi connectivity index (χ3v) is 6.32. The van der Waals surface area contributed by atoms with Crippen molar-refractivity contribution in [2.75, 3.05) is 51.2 Å². The highest BCUT2D eigenvalue weighted by Gasteiger charge is 2.22. The van der Waals surface area contributed by atoms with Gasteiger partial charge in [-0.3, -0.25) is 4.79 Å². The number of hydrogen-bond donors (Lipinski definition) is 2. The quantitative estimate of drug-likeness (QED) is 0.719. The number of aliphatic hydroxyl groups is 1. The number of likely N-dealkylation sites (tertiary alicyclic amines) is 1. The van der Waals surface area contributed by atoms with E-state index in [1.54, 1.807) is 11.2 Å². The average Bonchev–Trinajstić information content (AvgIpc) is 3.04. The summed E-state index contributed by atoms with van der Waals surface area (Å²) in [6.45, 7) is 8.93. The lowest BCUT2D eigenvalue weighted by atomic mass is 10.1. The highest BCUT2D eigenvalue weighted by molar-refractivity contribution is 7.20. The van der Waals surface area contributed by atoms with E-state index < -0.39 is 0 Å². The molecule has 1 fully saturated rings. The van der Waals surface area contributed by atoms with Crippen LogP contribution in [0, 0.1) is 6.92 Å². The normalized spacial score (nSPS) is 15.2. The first kappa shape index (κ1) is 20.0. The Hall–Kier alpha value is -1.77. The number of aromatic nitrogens is 2. The lowest BCUT2D eigenvalue weighted by molar-refractivity contribution is 0.0736. The standard InChI is InChI=1S/C19H29N5O2S/c1-3-24(11-12-25)19(26)16-14(2)15-17(21-13-22-18(15)27-16)20-7-10-23-8-5-4-6-9-23/h13,25H,3-12H2,1-2H3,(H,20,21,22). The SMILES string of the molecule is CCN(CCO)C(=O)c1sc2ncnc(NCCN3CCCCC3)c2c1C. The fourth-order valence-electron chi connectivity index (χ4n) is 3.59. The summed E-state index contributed by atoms with van der Waals surface area (Å²) in [5.74, 6) is 0.751. The molecule has 1 aliphatic heterocycles. The number of nitrogens with one attached hydrogen (secondary N) is 1. The van der Waals surface area contributed by atoms with Crippen LogP contribution in [0.3, 0.4) is 0 Å². The summed E-state index contributed by atoms with van der Waals surface area (Å²) in [6, 6.07) is 0. The predicted octanol–water partition coefficient (Wildman–Crippen LogP) is 2.35. The minimum absolute atomic E-state index is 0.0351. The van der Waals surface area contributed by atoms with Gasteiger partial charge in [-0.1, -0.05) is 6.42 Å². The third-order valence-electron chi connectivity index (χ3n) is 5.13. The Morgan fingerprint density at radius 3 is 2.81 bits per heavy atom. The van der Waals surface area contributed by atoms with Crippen LogP contribution in [-0.2, 0) is 0 Å². The molecular weight excluding hydrogens is 362 g/mol. The number of aryl methyl sites for hydroxylation is 1. The number of nitrogens with zero attached hydrogens (tertiary/aromatic N) is 4. The second kappa shape index (κ2) is 9.43. The van der Waals surface area contributed by atoms with E-state index >= 15 is 0 Å². The van der Waals surface area contributed by atoms with Crippen LogP contribution in [0.15, 0.2) is 6.33 Å². The summed E-state index contributed by atoms with van der Waals surface area (Å²) in [5, 5.41) is 13.6. The second-order valence-electron chi connectivity index (χ2n) is 6.90. The van der Waals surface area contributed by atoms with Crippen LogP contribution < -0.4 is 5.32 Å². The van der Waals surface area contributed by atoms with Crippen molar-refractivity contribution in [1.82, 2.24) is 19.8 Å². The Morgan fingerprint density at radius 2 is 2.11 bits per heavy atom. The fourth-order valence-corrected chi connectivity index (χ4v) is 4.71. The molecule has 2 aromatic heterocycles. The monoisotopic (exact) mass is 391 g/mol. The maximum absolute atomic E-state index is 12.8. The zero-order valence-corrected chi connectivity index (χ0v) is 17.0. The minimum atomic E-state index is -0.0497. The van der Waals surface area contributed by atoms with Crippen LogP contribution in [0.1, 0.15) is 41.4 Å². The molecule has 3 heterocycles. The highest BCUT2D eigenvalue weighted by Crippen LogP contribution is 2.33. The smallest absolute Gasteiger partial charge is 0.264 e. The second-order valence-corrected chi connectivity index (χ2v) is 7.90. The average molecular weight is 392 g/mol. The number of hydrogen-bond acceptors (Lipinski definition) is 7. The lowest BCUT2D eigenvalue weighted by Crippen LogP contribution is -2.33. The minimum Gasteiger partial charge on any atom is -0.395 e. The van der Waals surface area contributed by atoms with Crippen molar-refractivity contribution in [1.29, 1.82) is 0 Å². The van der Waals surface area contributed by atoms with Gasteiger partial charge in [0.1, 0.15) is 17.0 Å². The molecule has 0 radical (unpaired) electrons. The Bertz CT molecular complexity index is 773. The van der Waals surface area contributed by atoms with E-state index in [0.717, 1.165) is 34.7 Å². The molecule has 0 aliphatic carbocycles. The number of aliphatic hydroxyl groups excluding tert-OH is 1. The maximum atomic E-state index is 12.8. The molecule has 2 aromatic rings. The largest absolute Gasteiger partial charge is 0.395 e. The zero-order valence-electron chi connectivity index (χ0n) is 16.2. The van der Waals surface area contributed by atoms with Crippen molar-refractivity contribution in [3.63, 3.8) is 0 Å². The highest BCUT2D eigenvalue weighted by atomic mass is 32.1.